The Morgan fingerprint density at radius 2 is 1.52 bits per heavy atom. The number of alkyl carbamates (subject to hydrolysis) is 1. The van der Waals surface area contributed by atoms with Crippen LogP contribution in [0.1, 0.15) is 71.8 Å². The second kappa shape index (κ2) is 7.33. The SMILES string of the molecule is C[C@H](NC(=O)OC(C)(C)C)C(=O)Nc1ccc(C23CC4CC(CC(C4)C2)C3)cc1. The highest BCUT2D eigenvalue weighted by molar-refractivity contribution is 5.96. The zero-order valence-corrected chi connectivity index (χ0v) is 18.1. The summed E-state index contributed by atoms with van der Waals surface area (Å²) in [6.07, 6.45) is 7.74. The molecule has 0 aliphatic heterocycles. The van der Waals surface area contributed by atoms with E-state index < -0.39 is 17.7 Å². The van der Waals surface area contributed by atoms with E-state index in [0.717, 1.165) is 23.4 Å². The highest BCUT2D eigenvalue weighted by Crippen LogP contribution is 2.60. The Kier molecular flexibility index (Phi) is 5.12. The zero-order chi connectivity index (χ0) is 20.8. The predicted octanol–water partition coefficient (Wildman–Crippen LogP) is 5.01. The number of hydrogen-bond acceptors (Lipinski definition) is 3. The van der Waals surface area contributed by atoms with E-state index in [1.807, 2.05) is 12.1 Å². The minimum absolute atomic E-state index is 0.251. The molecule has 2 amide bonds. The average molecular weight is 399 g/mol. The molecular formula is C24H34N2O3. The van der Waals surface area contributed by atoms with Crippen LogP contribution in [0.4, 0.5) is 10.5 Å². The van der Waals surface area contributed by atoms with Crippen LogP contribution in [-0.2, 0) is 14.9 Å². The molecule has 0 radical (unpaired) electrons. The van der Waals surface area contributed by atoms with Crippen LogP contribution in [0.25, 0.3) is 0 Å². The number of anilines is 1. The lowest BCUT2D eigenvalue weighted by Gasteiger charge is -2.57. The number of carbonyl (C=O) groups excluding carboxylic acids is 2. The number of amides is 2. The van der Waals surface area contributed by atoms with Crippen molar-refractivity contribution in [3.8, 4) is 0 Å². The van der Waals surface area contributed by atoms with Gasteiger partial charge in [-0.2, -0.15) is 0 Å². The summed E-state index contributed by atoms with van der Waals surface area (Å²) in [5.74, 6) is 2.50. The highest BCUT2D eigenvalue weighted by atomic mass is 16.6. The standard InChI is InChI=1S/C24H34N2O3/c1-15(25-22(28)29-23(2,3)4)21(27)26-20-7-5-19(6-8-20)24-12-16-9-17(13-24)11-18(10-16)14-24/h5-8,15-18H,9-14H2,1-4H3,(H,25,28)(H,26,27)/t15-,16?,17?,18?,24?/m0/s1. The van der Waals surface area contributed by atoms with Gasteiger partial charge in [-0.15, -0.1) is 0 Å². The number of carbonyl (C=O) groups is 2. The first-order valence-corrected chi connectivity index (χ1v) is 11.0. The van der Waals surface area contributed by atoms with E-state index >= 15 is 0 Å². The summed E-state index contributed by atoms with van der Waals surface area (Å²) in [7, 11) is 0. The van der Waals surface area contributed by atoms with E-state index in [4.69, 9.17) is 4.74 Å². The van der Waals surface area contributed by atoms with Crippen LogP contribution in [0.2, 0.25) is 0 Å². The zero-order valence-electron chi connectivity index (χ0n) is 18.1. The fraction of sp³-hybridized carbons (Fsp3) is 0.667. The number of ether oxygens (including phenoxy) is 1. The summed E-state index contributed by atoms with van der Waals surface area (Å²) in [6, 6.07) is 7.74. The third-order valence-electron chi connectivity index (χ3n) is 6.93. The first-order valence-electron chi connectivity index (χ1n) is 11.0. The van der Waals surface area contributed by atoms with Crippen molar-refractivity contribution >= 4 is 17.7 Å². The minimum atomic E-state index is -0.673. The van der Waals surface area contributed by atoms with Crippen molar-refractivity contribution in [1.29, 1.82) is 0 Å². The molecule has 0 heterocycles. The Morgan fingerprint density at radius 3 is 2.00 bits per heavy atom. The molecule has 4 fully saturated rings. The van der Waals surface area contributed by atoms with Crippen molar-refractivity contribution < 1.29 is 14.3 Å². The van der Waals surface area contributed by atoms with E-state index in [1.54, 1.807) is 27.7 Å². The molecule has 0 saturated heterocycles. The van der Waals surface area contributed by atoms with E-state index in [0.29, 0.717) is 5.41 Å². The van der Waals surface area contributed by atoms with Gasteiger partial charge < -0.3 is 15.4 Å². The normalized spacial score (nSPS) is 31.2. The average Bonchev–Trinajstić information content (AvgIpc) is 2.59. The van der Waals surface area contributed by atoms with Crippen molar-refractivity contribution in [3.05, 3.63) is 29.8 Å². The lowest BCUT2D eigenvalue weighted by Crippen LogP contribution is -2.48. The molecule has 5 heteroatoms. The number of nitrogens with one attached hydrogen (secondary N) is 2. The Bertz CT molecular complexity index is 743. The Hall–Kier alpha value is -2.04. The smallest absolute Gasteiger partial charge is 0.408 e. The molecule has 29 heavy (non-hydrogen) atoms. The number of benzene rings is 1. The molecule has 1 atom stereocenters. The summed E-state index contributed by atoms with van der Waals surface area (Å²) in [5.41, 5.74) is 1.98. The molecule has 5 nitrogen and oxygen atoms in total. The monoisotopic (exact) mass is 398 g/mol. The van der Waals surface area contributed by atoms with Gasteiger partial charge in [-0.05, 0) is 107 Å². The molecule has 4 saturated carbocycles. The minimum Gasteiger partial charge on any atom is -0.444 e. The molecule has 0 unspecified atom stereocenters. The van der Waals surface area contributed by atoms with Crippen molar-refractivity contribution in [2.45, 2.75) is 83.3 Å². The Balaban J connectivity index is 1.36. The van der Waals surface area contributed by atoms with Crippen molar-refractivity contribution in [2.24, 2.45) is 17.8 Å². The van der Waals surface area contributed by atoms with Gasteiger partial charge in [-0.3, -0.25) is 4.79 Å². The van der Waals surface area contributed by atoms with Gasteiger partial charge in [0, 0.05) is 5.69 Å². The largest absolute Gasteiger partial charge is 0.444 e. The first kappa shape index (κ1) is 20.2. The lowest BCUT2D eigenvalue weighted by atomic mass is 9.48. The third kappa shape index (κ3) is 4.44. The Labute approximate surface area is 174 Å². The summed E-state index contributed by atoms with van der Waals surface area (Å²) >= 11 is 0. The maximum atomic E-state index is 12.4. The van der Waals surface area contributed by atoms with Gasteiger partial charge in [-0.25, -0.2) is 4.79 Å². The molecule has 4 bridgehead atoms. The highest BCUT2D eigenvalue weighted by Gasteiger charge is 2.51. The van der Waals surface area contributed by atoms with Crippen LogP contribution in [0.3, 0.4) is 0 Å². The van der Waals surface area contributed by atoms with Crippen LogP contribution < -0.4 is 10.6 Å². The van der Waals surface area contributed by atoms with E-state index in [-0.39, 0.29) is 5.91 Å². The van der Waals surface area contributed by atoms with Gasteiger partial charge in [0.2, 0.25) is 5.91 Å². The summed E-state index contributed by atoms with van der Waals surface area (Å²) in [6.45, 7) is 7.04. The molecule has 5 rings (SSSR count). The van der Waals surface area contributed by atoms with Gasteiger partial charge >= 0.3 is 6.09 Å². The van der Waals surface area contributed by atoms with Gasteiger partial charge in [-0.1, -0.05) is 12.1 Å². The first-order chi connectivity index (χ1) is 13.6. The topological polar surface area (TPSA) is 67.4 Å². The maximum Gasteiger partial charge on any atom is 0.408 e. The summed E-state index contributed by atoms with van der Waals surface area (Å²) in [4.78, 5) is 24.3. The predicted molar refractivity (Wildman–Crippen MR) is 114 cm³/mol. The van der Waals surface area contributed by atoms with Gasteiger partial charge in [0.15, 0.2) is 0 Å². The number of hydrogen-bond donors (Lipinski definition) is 2. The Morgan fingerprint density at radius 1 is 1.00 bits per heavy atom. The maximum absolute atomic E-state index is 12.4. The lowest BCUT2D eigenvalue weighted by molar-refractivity contribution is -0.117. The molecular weight excluding hydrogens is 364 g/mol. The molecule has 0 aromatic heterocycles. The van der Waals surface area contributed by atoms with Crippen molar-refractivity contribution in [2.75, 3.05) is 5.32 Å². The van der Waals surface area contributed by atoms with Crippen LogP contribution in [0, 0.1) is 17.8 Å². The van der Waals surface area contributed by atoms with Gasteiger partial charge in [0.1, 0.15) is 11.6 Å². The molecule has 0 spiro atoms. The van der Waals surface area contributed by atoms with E-state index in [1.165, 1.54) is 44.1 Å². The third-order valence-corrected chi connectivity index (χ3v) is 6.93. The fourth-order valence-corrected chi connectivity index (χ4v) is 6.17. The second-order valence-corrected chi connectivity index (χ2v) is 10.6. The molecule has 1 aromatic carbocycles. The quantitative estimate of drug-likeness (QED) is 0.749. The van der Waals surface area contributed by atoms with Gasteiger partial charge in [0.25, 0.3) is 0 Å². The van der Waals surface area contributed by atoms with Gasteiger partial charge in [0.05, 0.1) is 0 Å². The van der Waals surface area contributed by atoms with Crippen LogP contribution in [0.15, 0.2) is 24.3 Å². The second-order valence-electron chi connectivity index (χ2n) is 10.6. The molecule has 1 aromatic rings. The molecule has 4 aliphatic rings. The summed E-state index contributed by atoms with van der Waals surface area (Å²) in [5, 5.41) is 5.49. The number of rotatable bonds is 4. The van der Waals surface area contributed by atoms with E-state index in [2.05, 4.69) is 22.8 Å². The van der Waals surface area contributed by atoms with E-state index in [9.17, 15) is 9.59 Å². The fourth-order valence-electron chi connectivity index (χ4n) is 6.17. The van der Waals surface area contributed by atoms with Crippen molar-refractivity contribution in [1.82, 2.24) is 5.32 Å². The van der Waals surface area contributed by atoms with Crippen LogP contribution in [0.5, 0.6) is 0 Å². The summed E-state index contributed by atoms with van der Waals surface area (Å²) < 4.78 is 5.21. The van der Waals surface area contributed by atoms with Crippen molar-refractivity contribution in [3.63, 3.8) is 0 Å². The van der Waals surface area contributed by atoms with Crippen LogP contribution >= 0.6 is 0 Å². The molecule has 4 aliphatic carbocycles. The molecule has 158 valence electrons. The molecule has 2 N–H and O–H groups in total. The van der Waals surface area contributed by atoms with Crippen LogP contribution in [-0.4, -0.2) is 23.6 Å².